The molecular formula is C16H32N4. The van der Waals surface area contributed by atoms with Crippen LogP contribution in [0.1, 0.15) is 53.8 Å². The second kappa shape index (κ2) is 7.21. The van der Waals surface area contributed by atoms with Crippen LogP contribution in [0, 0.1) is 17.3 Å². The summed E-state index contributed by atoms with van der Waals surface area (Å²) in [5.41, 5.74) is 0.348. The summed E-state index contributed by atoms with van der Waals surface area (Å²) in [6, 6.07) is 0.458. The lowest BCUT2D eigenvalue weighted by Crippen LogP contribution is -2.34. The summed E-state index contributed by atoms with van der Waals surface area (Å²) in [5, 5.41) is 7.79. The molecule has 0 radical (unpaired) electrons. The van der Waals surface area contributed by atoms with Crippen LogP contribution in [0.15, 0.2) is 6.33 Å². The topological polar surface area (TPSA) is 42.7 Å². The highest BCUT2D eigenvalue weighted by molar-refractivity contribution is 4.91. The molecule has 0 amide bonds. The normalized spacial score (nSPS) is 15.6. The van der Waals surface area contributed by atoms with E-state index in [4.69, 9.17) is 0 Å². The molecule has 1 aromatic heterocycles. The summed E-state index contributed by atoms with van der Waals surface area (Å²) in [4.78, 5) is 4.44. The molecule has 1 aromatic rings. The van der Waals surface area contributed by atoms with Crippen LogP contribution < -0.4 is 5.32 Å². The van der Waals surface area contributed by atoms with Gasteiger partial charge in [-0.25, -0.2) is 9.67 Å². The van der Waals surface area contributed by atoms with E-state index in [1.165, 1.54) is 0 Å². The van der Waals surface area contributed by atoms with Gasteiger partial charge in [-0.1, -0.05) is 41.5 Å². The second-order valence-corrected chi connectivity index (χ2v) is 7.44. The van der Waals surface area contributed by atoms with Gasteiger partial charge in [0.2, 0.25) is 0 Å². The highest BCUT2D eigenvalue weighted by Crippen LogP contribution is 2.29. The van der Waals surface area contributed by atoms with Gasteiger partial charge in [-0.15, -0.1) is 0 Å². The lowest BCUT2D eigenvalue weighted by Gasteiger charge is -2.30. The molecule has 0 saturated heterocycles. The molecule has 0 aliphatic carbocycles. The lowest BCUT2D eigenvalue weighted by molar-refractivity contribution is 0.223. The Balaban J connectivity index is 2.67. The quantitative estimate of drug-likeness (QED) is 0.834. The molecule has 116 valence electrons. The molecule has 0 bridgehead atoms. The molecule has 4 heteroatoms. The number of hydrogen-bond donors (Lipinski definition) is 1. The van der Waals surface area contributed by atoms with Gasteiger partial charge in [0.1, 0.15) is 12.2 Å². The molecule has 1 heterocycles. The second-order valence-electron chi connectivity index (χ2n) is 7.44. The molecule has 0 saturated carbocycles. The molecule has 0 spiro atoms. The third kappa shape index (κ3) is 5.23. The maximum absolute atomic E-state index is 4.44. The van der Waals surface area contributed by atoms with Crippen molar-refractivity contribution in [1.29, 1.82) is 0 Å². The van der Waals surface area contributed by atoms with Gasteiger partial charge < -0.3 is 5.32 Å². The van der Waals surface area contributed by atoms with E-state index in [1.54, 1.807) is 6.33 Å². The average molecular weight is 280 g/mol. The summed E-state index contributed by atoms with van der Waals surface area (Å²) in [6.07, 6.45) is 3.79. The van der Waals surface area contributed by atoms with Crippen LogP contribution in [0.2, 0.25) is 0 Å². The molecule has 20 heavy (non-hydrogen) atoms. The highest BCUT2D eigenvalue weighted by Gasteiger charge is 2.24. The molecule has 0 fully saturated rings. The first-order chi connectivity index (χ1) is 9.24. The van der Waals surface area contributed by atoms with Gasteiger partial charge >= 0.3 is 0 Å². The number of rotatable bonds is 7. The van der Waals surface area contributed by atoms with E-state index in [9.17, 15) is 0 Å². The van der Waals surface area contributed by atoms with Gasteiger partial charge in [-0.2, -0.15) is 5.10 Å². The summed E-state index contributed by atoms with van der Waals surface area (Å²) >= 11 is 0. The molecule has 0 aliphatic heterocycles. The molecule has 2 unspecified atom stereocenters. The van der Waals surface area contributed by atoms with Crippen LogP contribution in [-0.2, 0) is 13.0 Å². The molecule has 2 atom stereocenters. The number of likely N-dealkylation sites (N-methyl/N-ethyl adjacent to an activating group) is 1. The van der Waals surface area contributed by atoms with Gasteiger partial charge in [0.05, 0.1) is 0 Å². The van der Waals surface area contributed by atoms with Crippen LogP contribution in [0.4, 0.5) is 0 Å². The fourth-order valence-electron chi connectivity index (χ4n) is 2.25. The van der Waals surface area contributed by atoms with Crippen molar-refractivity contribution in [1.82, 2.24) is 20.1 Å². The number of aromatic nitrogens is 3. The zero-order valence-corrected chi connectivity index (χ0v) is 14.3. The van der Waals surface area contributed by atoms with Crippen LogP contribution in [0.3, 0.4) is 0 Å². The van der Waals surface area contributed by atoms with Crippen LogP contribution in [-0.4, -0.2) is 27.9 Å². The number of nitrogens with one attached hydrogen (secondary N) is 1. The summed E-state index contributed by atoms with van der Waals surface area (Å²) in [5.74, 6) is 2.36. The highest BCUT2D eigenvalue weighted by atomic mass is 15.3. The van der Waals surface area contributed by atoms with Gasteiger partial charge in [-0.3, -0.25) is 0 Å². The number of hydrogen-bond acceptors (Lipinski definition) is 3. The first-order valence-corrected chi connectivity index (χ1v) is 7.78. The summed E-state index contributed by atoms with van der Waals surface area (Å²) in [7, 11) is 2.04. The Morgan fingerprint density at radius 3 is 2.40 bits per heavy atom. The minimum absolute atomic E-state index is 0.348. The Morgan fingerprint density at radius 2 is 1.90 bits per heavy atom. The summed E-state index contributed by atoms with van der Waals surface area (Å²) < 4.78 is 2.05. The van der Waals surface area contributed by atoms with Crippen molar-refractivity contribution in [2.24, 2.45) is 17.3 Å². The van der Waals surface area contributed by atoms with Gasteiger partial charge in [0, 0.05) is 19.0 Å². The number of nitrogens with zero attached hydrogens (tertiary/aromatic N) is 3. The van der Waals surface area contributed by atoms with E-state index in [-0.39, 0.29) is 0 Å². The third-order valence-electron chi connectivity index (χ3n) is 4.19. The average Bonchev–Trinajstić information content (AvgIpc) is 2.73. The maximum atomic E-state index is 4.44. The molecule has 1 rings (SSSR count). The Hall–Kier alpha value is -0.900. The predicted molar refractivity (Wildman–Crippen MR) is 84.6 cm³/mol. The van der Waals surface area contributed by atoms with E-state index in [0.717, 1.165) is 25.2 Å². The molecule has 4 nitrogen and oxygen atoms in total. The van der Waals surface area contributed by atoms with E-state index >= 15 is 0 Å². The fourth-order valence-corrected chi connectivity index (χ4v) is 2.25. The predicted octanol–water partition coefficient (Wildman–Crippen LogP) is 3.14. The van der Waals surface area contributed by atoms with Crippen molar-refractivity contribution in [3.63, 3.8) is 0 Å². The van der Waals surface area contributed by atoms with Crippen molar-refractivity contribution in [2.75, 3.05) is 7.05 Å². The van der Waals surface area contributed by atoms with E-state index in [2.05, 4.69) is 61.6 Å². The van der Waals surface area contributed by atoms with Gasteiger partial charge in [-0.05, 0) is 30.7 Å². The van der Waals surface area contributed by atoms with Gasteiger partial charge in [0.25, 0.3) is 0 Å². The van der Waals surface area contributed by atoms with Crippen molar-refractivity contribution in [2.45, 2.75) is 67.0 Å². The van der Waals surface area contributed by atoms with Crippen LogP contribution in [0.25, 0.3) is 0 Å². The Bertz CT molecular complexity index is 389. The van der Waals surface area contributed by atoms with Crippen molar-refractivity contribution < 1.29 is 0 Å². The van der Waals surface area contributed by atoms with Crippen molar-refractivity contribution in [3.05, 3.63) is 12.2 Å². The van der Waals surface area contributed by atoms with Crippen LogP contribution >= 0.6 is 0 Å². The van der Waals surface area contributed by atoms with E-state index in [1.807, 2.05) is 7.05 Å². The summed E-state index contributed by atoms with van der Waals surface area (Å²) in [6.45, 7) is 14.6. The zero-order chi connectivity index (χ0) is 15.3. The maximum Gasteiger partial charge on any atom is 0.138 e. The Morgan fingerprint density at radius 1 is 1.25 bits per heavy atom. The van der Waals surface area contributed by atoms with Crippen molar-refractivity contribution >= 4 is 0 Å². The third-order valence-corrected chi connectivity index (χ3v) is 4.19. The molecule has 1 N–H and O–H groups in total. The first kappa shape index (κ1) is 17.2. The zero-order valence-electron chi connectivity index (χ0n) is 14.3. The van der Waals surface area contributed by atoms with Crippen LogP contribution in [0.5, 0.6) is 0 Å². The fraction of sp³-hybridized carbons (Fsp3) is 0.875. The lowest BCUT2D eigenvalue weighted by atomic mass is 9.78. The van der Waals surface area contributed by atoms with E-state index in [0.29, 0.717) is 23.3 Å². The largest absolute Gasteiger partial charge is 0.317 e. The van der Waals surface area contributed by atoms with E-state index < -0.39 is 0 Å². The Labute approximate surface area is 124 Å². The van der Waals surface area contributed by atoms with Crippen molar-refractivity contribution in [3.8, 4) is 0 Å². The standard InChI is InChI=1S/C16H32N4/c1-12(2)10-20-15(18-11-19-20)9-14(17-7)8-13(3)16(4,5)6/h11-14,17H,8-10H2,1-7H3. The minimum Gasteiger partial charge on any atom is -0.317 e. The molecule has 0 aromatic carbocycles. The van der Waals surface area contributed by atoms with Gasteiger partial charge in [0.15, 0.2) is 0 Å². The minimum atomic E-state index is 0.348. The first-order valence-electron chi connectivity index (χ1n) is 7.78. The molecule has 0 aliphatic rings. The SMILES string of the molecule is CNC(Cc1ncnn1CC(C)C)CC(C)C(C)(C)C. The Kier molecular flexibility index (Phi) is 6.18. The molecular weight excluding hydrogens is 248 g/mol. The monoisotopic (exact) mass is 280 g/mol. The smallest absolute Gasteiger partial charge is 0.138 e.